The molecule has 3 aliphatic heterocycles. The van der Waals surface area contributed by atoms with Crippen molar-refractivity contribution in [2.45, 2.75) is 97.1 Å². The standard InChI is InChI=1S/C26H45N3O3.C6H4F2/c1-24(2,3)28-14-11-20(17-28)22(30)27-15-12-26(13-16-27,21-9-7-6-8-10-21)18-29-23(31)32-19-25(29,4)5;7-5-2-1-3-6(8)4-5/h20-21H,6-19H2,1-5H3;1-4H/t20-;/m1./s1. The Hall–Kier alpha value is -2.22. The second kappa shape index (κ2) is 12.3. The monoisotopic (exact) mass is 561 g/mol. The fourth-order valence-electron chi connectivity index (χ4n) is 7.11. The fraction of sp³-hybridized carbons (Fsp3) is 0.750. The van der Waals surface area contributed by atoms with E-state index in [-0.39, 0.29) is 28.5 Å². The van der Waals surface area contributed by atoms with E-state index in [4.69, 9.17) is 4.74 Å². The Morgan fingerprint density at radius 2 is 1.62 bits per heavy atom. The summed E-state index contributed by atoms with van der Waals surface area (Å²) in [7, 11) is 0. The van der Waals surface area contributed by atoms with E-state index in [9.17, 15) is 18.4 Å². The average Bonchev–Trinajstić information content (AvgIpc) is 3.51. The van der Waals surface area contributed by atoms with Gasteiger partial charge in [0.1, 0.15) is 18.2 Å². The van der Waals surface area contributed by atoms with Crippen LogP contribution in [0, 0.1) is 28.9 Å². The molecular formula is C32H49F2N3O3. The summed E-state index contributed by atoms with van der Waals surface area (Å²) in [5, 5.41) is 0. The van der Waals surface area contributed by atoms with E-state index in [2.05, 4.69) is 44.4 Å². The molecule has 1 saturated carbocycles. The first kappa shape index (κ1) is 30.7. The Morgan fingerprint density at radius 3 is 2.10 bits per heavy atom. The van der Waals surface area contributed by atoms with Crippen molar-refractivity contribution in [1.29, 1.82) is 0 Å². The van der Waals surface area contributed by atoms with E-state index < -0.39 is 11.6 Å². The summed E-state index contributed by atoms with van der Waals surface area (Å²) in [6, 6.07) is 4.55. The van der Waals surface area contributed by atoms with Gasteiger partial charge in [0.2, 0.25) is 5.91 Å². The van der Waals surface area contributed by atoms with Crippen molar-refractivity contribution in [1.82, 2.24) is 14.7 Å². The zero-order valence-corrected chi connectivity index (χ0v) is 25.2. The van der Waals surface area contributed by atoms with Crippen LogP contribution in [0.3, 0.4) is 0 Å². The summed E-state index contributed by atoms with van der Waals surface area (Å²) in [5.74, 6) is 0.0781. The Morgan fingerprint density at radius 1 is 1.00 bits per heavy atom. The number of carbonyl (C=O) groups is 2. The zero-order valence-electron chi connectivity index (χ0n) is 25.2. The van der Waals surface area contributed by atoms with Crippen molar-refractivity contribution in [3.8, 4) is 0 Å². The maximum atomic E-state index is 13.4. The van der Waals surface area contributed by atoms with Gasteiger partial charge < -0.3 is 9.64 Å². The number of hydrogen-bond donors (Lipinski definition) is 0. The SMILES string of the molecule is CC(C)(C)N1CC[C@@H](C(=O)N2CCC(CN3C(=O)OCC3(C)C)(C3CCCCC3)CC2)C1.Fc1cccc(F)c1. The first-order valence-electron chi connectivity index (χ1n) is 15.2. The largest absolute Gasteiger partial charge is 0.447 e. The van der Waals surface area contributed by atoms with Crippen LogP contribution in [0.15, 0.2) is 24.3 Å². The van der Waals surface area contributed by atoms with E-state index in [1.165, 1.54) is 50.3 Å². The molecule has 4 fully saturated rings. The van der Waals surface area contributed by atoms with Crippen LogP contribution in [0.25, 0.3) is 0 Å². The minimum Gasteiger partial charge on any atom is -0.447 e. The van der Waals surface area contributed by atoms with Crippen LogP contribution in [0.5, 0.6) is 0 Å². The molecule has 1 aromatic carbocycles. The van der Waals surface area contributed by atoms with Gasteiger partial charge in [-0.2, -0.15) is 0 Å². The molecule has 1 atom stereocenters. The van der Waals surface area contributed by atoms with Crippen LogP contribution in [-0.2, 0) is 9.53 Å². The molecule has 5 rings (SSSR count). The molecule has 3 saturated heterocycles. The van der Waals surface area contributed by atoms with E-state index in [1.54, 1.807) is 0 Å². The molecule has 0 radical (unpaired) electrons. The minimum atomic E-state index is -0.537. The number of piperidine rings is 1. The highest BCUT2D eigenvalue weighted by atomic mass is 19.1. The molecule has 0 bridgehead atoms. The third-order valence-corrected chi connectivity index (χ3v) is 9.79. The minimum absolute atomic E-state index is 0.116. The first-order valence-corrected chi connectivity index (χ1v) is 15.2. The highest BCUT2D eigenvalue weighted by Crippen LogP contribution is 2.48. The van der Waals surface area contributed by atoms with Crippen LogP contribution in [0.1, 0.15) is 86.0 Å². The topological polar surface area (TPSA) is 53.1 Å². The number of ether oxygens (including phenoxy) is 1. The molecule has 0 unspecified atom stereocenters. The Labute approximate surface area is 239 Å². The van der Waals surface area contributed by atoms with E-state index >= 15 is 0 Å². The molecule has 40 heavy (non-hydrogen) atoms. The maximum absolute atomic E-state index is 13.4. The van der Waals surface area contributed by atoms with Crippen molar-refractivity contribution >= 4 is 12.0 Å². The van der Waals surface area contributed by atoms with Gasteiger partial charge in [-0.1, -0.05) is 25.3 Å². The third-order valence-electron chi connectivity index (χ3n) is 9.79. The normalized spacial score (nSPS) is 25.4. The molecule has 1 aromatic rings. The highest BCUT2D eigenvalue weighted by molar-refractivity contribution is 5.79. The van der Waals surface area contributed by atoms with Crippen molar-refractivity contribution in [2.24, 2.45) is 17.3 Å². The zero-order chi connectivity index (χ0) is 29.1. The third kappa shape index (κ3) is 7.15. The Balaban J connectivity index is 0.000000398. The molecule has 0 aromatic heterocycles. The lowest BCUT2D eigenvalue weighted by atomic mass is 9.63. The number of likely N-dealkylation sites (tertiary alicyclic amines) is 2. The number of rotatable bonds is 4. The van der Waals surface area contributed by atoms with Crippen molar-refractivity contribution in [3.05, 3.63) is 35.9 Å². The molecule has 2 amide bonds. The fourth-order valence-corrected chi connectivity index (χ4v) is 7.11. The Kier molecular flexibility index (Phi) is 9.48. The van der Waals surface area contributed by atoms with Gasteiger partial charge in [0.25, 0.3) is 0 Å². The molecular weight excluding hydrogens is 512 g/mol. The molecule has 224 valence electrons. The van der Waals surface area contributed by atoms with Crippen molar-refractivity contribution < 1.29 is 23.1 Å². The van der Waals surface area contributed by atoms with Gasteiger partial charge in [0.15, 0.2) is 0 Å². The van der Waals surface area contributed by atoms with Gasteiger partial charge in [-0.3, -0.25) is 14.6 Å². The smallest absolute Gasteiger partial charge is 0.410 e. The van der Waals surface area contributed by atoms with Gasteiger partial charge in [0.05, 0.1) is 11.5 Å². The molecule has 1 aliphatic carbocycles. The summed E-state index contributed by atoms with van der Waals surface area (Å²) in [4.78, 5) is 32.5. The summed E-state index contributed by atoms with van der Waals surface area (Å²) >= 11 is 0. The number of carbonyl (C=O) groups excluding carboxylic acids is 2. The maximum Gasteiger partial charge on any atom is 0.410 e. The van der Waals surface area contributed by atoms with Crippen LogP contribution in [0.4, 0.5) is 13.6 Å². The summed E-state index contributed by atoms with van der Waals surface area (Å²) in [6.07, 6.45) is 9.31. The quantitative estimate of drug-likeness (QED) is 0.422. The lowest BCUT2D eigenvalue weighted by Crippen LogP contribution is -2.55. The number of halogens is 2. The average molecular weight is 562 g/mol. The van der Waals surface area contributed by atoms with Crippen molar-refractivity contribution in [3.63, 3.8) is 0 Å². The second-order valence-corrected chi connectivity index (χ2v) is 14.0. The van der Waals surface area contributed by atoms with Gasteiger partial charge in [-0.15, -0.1) is 0 Å². The van der Waals surface area contributed by atoms with Gasteiger partial charge in [-0.05, 0) is 96.7 Å². The summed E-state index contributed by atoms with van der Waals surface area (Å²) in [6.45, 7) is 15.8. The van der Waals surface area contributed by atoms with E-state index in [0.717, 1.165) is 58.1 Å². The number of cyclic esters (lactones) is 1. The second-order valence-electron chi connectivity index (χ2n) is 14.0. The van der Waals surface area contributed by atoms with E-state index in [0.29, 0.717) is 18.4 Å². The molecule has 8 heteroatoms. The lowest BCUT2D eigenvalue weighted by molar-refractivity contribution is -0.139. The predicted octanol–water partition coefficient (Wildman–Crippen LogP) is 6.49. The number of hydrogen-bond acceptors (Lipinski definition) is 4. The van der Waals surface area contributed by atoms with Crippen LogP contribution in [0.2, 0.25) is 0 Å². The molecule has 0 N–H and O–H groups in total. The van der Waals surface area contributed by atoms with Crippen LogP contribution in [-0.4, -0.2) is 77.1 Å². The number of benzene rings is 1. The first-order chi connectivity index (χ1) is 18.8. The molecule has 6 nitrogen and oxygen atoms in total. The molecule has 0 spiro atoms. The summed E-state index contributed by atoms with van der Waals surface area (Å²) in [5.41, 5.74) is 0.00111. The number of nitrogens with zero attached hydrogens (tertiary/aromatic N) is 3. The Bertz CT molecular complexity index is 1010. The lowest BCUT2D eigenvalue weighted by Gasteiger charge is -2.50. The van der Waals surface area contributed by atoms with Crippen molar-refractivity contribution in [2.75, 3.05) is 39.3 Å². The van der Waals surface area contributed by atoms with E-state index in [1.807, 2.05) is 4.90 Å². The highest BCUT2D eigenvalue weighted by Gasteiger charge is 2.50. The summed E-state index contributed by atoms with van der Waals surface area (Å²) < 4.78 is 29.3. The number of amides is 2. The molecule has 4 aliphatic rings. The van der Waals surface area contributed by atoms with Crippen LogP contribution < -0.4 is 0 Å². The van der Waals surface area contributed by atoms with Gasteiger partial charge >= 0.3 is 6.09 Å². The van der Waals surface area contributed by atoms with Crippen LogP contribution >= 0.6 is 0 Å². The molecule has 3 heterocycles. The van der Waals surface area contributed by atoms with Gasteiger partial charge in [0, 0.05) is 37.8 Å². The van der Waals surface area contributed by atoms with Gasteiger partial charge in [-0.25, -0.2) is 13.6 Å². The predicted molar refractivity (Wildman–Crippen MR) is 153 cm³/mol.